The number of carbonyl (C=O) groups is 1. The van der Waals surface area contributed by atoms with E-state index in [0.717, 1.165) is 5.75 Å². The summed E-state index contributed by atoms with van der Waals surface area (Å²) in [7, 11) is 0. The van der Waals surface area contributed by atoms with Gasteiger partial charge < -0.3 is 9.47 Å². The molecule has 0 N–H and O–H groups in total. The third kappa shape index (κ3) is 2.84. The molecule has 0 aromatic carbocycles. The van der Waals surface area contributed by atoms with Gasteiger partial charge in [-0.05, 0) is 0 Å². The first-order chi connectivity index (χ1) is 5.66. The van der Waals surface area contributed by atoms with E-state index in [1.807, 2.05) is 0 Å². The highest BCUT2D eigenvalue weighted by molar-refractivity contribution is 7.99. The molecule has 0 radical (unpaired) electrons. The van der Waals surface area contributed by atoms with E-state index in [4.69, 9.17) is 21.1 Å². The Labute approximate surface area is 80.7 Å². The van der Waals surface area contributed by atoms with Gasteiger partial charge in [0.25, 0.3) is 0 Å². The van der Waals surface area contributed by atoms with Crippen LogP contribution in [0.5, 0.6) is 0 Å². The van der Waals surface area contributed by atoms with E-state index in [0.29, 0.717) is 12.4 Å². The first kappa shape index (κ1) is 10.2. The van der Waals surface area contributed by atoms with Crippen molar-refractivity contribution >= 4 is 29.3 Å². The van der Waals surface area contributed by atoms with Gasteiger partial charge in [0.15, 0.2) is 0 Å². The summed E-state index contributed by atoms with van der Waals surface area (Å²) >= 11 is 7.01. The van der Waals surface area contributed by atoms with Crippen molar-refractivity contribution in [1.82, 2.24) is 0 Å². The Morgan fingerprint density at radius 1 is 1.83 bits per heavy atom. The molecule has 3 nitrogen and oxygen atoms in total. The molecule has 0 aromatic rings. The molecule has 1 fully saturated rings. The molecule has 1 heterocycles. The van der Waals surface area contributed by atoms with Gasteiger partial charge in [0.2, 0.25) is 5.79 Å². The van der Waals surface area contributed by atoms with Crippen LogP contribution in [-0.2, 0) is 14.3 Å². The molecule has 1 rings (SSSR count). The molecule has 1 unspecified atom stereocenters. The fourth-order valence-corrected chi connectivity index (χ4v) is 1.86. The molecule has 70 valence electrons. The van der Waals surface area contributed by atoms with Crippen molar-refractivity contribution in [2.75, 3.05) is 24.0 Å². The molecule has 0 saturated carbocycles. The van der Waals surface area contributed by atoms with Crippen LogP contribution in [0, 0.1) is 0 Å². The van der Waals surface area contributed by atoms with Crippen molar-refractivity contribution in [3.05, 3.63) is 0 Å². The Hall–Kier alpha value is 0.0700. The lowest BCUT2D eigenvalue weighted by molar-refractivity contribution is -0.210. The highest BCUT2D eigenvalue weighted by atomic mass is 35.5. The summed E-state index contributed by atoms with van der Waals surface area (Å²) in [6.45, 7) is 2.38. The highest BCUT2D eigenvalue weighted by Crippen LogP contribution is 2.24. The summed E-state index contributed by atoms with van der Waals surface area (Å²) in [5, 5.41) is 0. The van der Waals surface area contributed by atoms with Crippen LogP contribution >= 0.6 is 23.4 Å². The molecule has 0 aromatic heterocycles. The molecule has 1 saturated heterocycles. The van der Waals surface area contributed by atoms with Gasteiger partial charge in [0.1, 0.15) is 5.88 Å². The molecule has 0 bridgehead atoms. The molecule has 0 amide bonds. The zero-order chi connectivity index (χ0) is 9.03. The second kappa shape index (κ2) is 4.35. The van der Waals surface area contributed by atoms with Crippen LogP contribution < -0.4 is 0 Å². The van der Waals surface area contributed by atoms with E-state index in [2.05, 4.69) is 0 Å². The molecule has 12 heavy (non-hydrogen) atoms. The van der Waals surface area contributed by atoms with Gasteiger partial charge in [0, 0.05) is 12.7 Å². The van der Waals surface area contributed by atoms with E-state index >= 15 is 0 Å². The van der Waals surface area contributed by atoms with Gasteiger partial charge >= 0.3 is 5.97 Å². The topological polar surface area (TPSA) is 35.5 Å². The Morgan fingerprint density at radius 2 is 2.58 bits per heavy atom. The minimum absolute atomic E-state index is 0.121. The lowest BCUT2D eigenvalue weighted by Gasteiger charge is -2.32. The van der Waals surface area contributed by atoms with Crippen molar-refractivity contribution in [2.45, 2.75) is 12.7 Å². The van der Waals surface area contributed by atoms with Crippen LogP contribution in [0.3, 0.4) is 0 Å². The summed E-state index contributed by atoms with van der Waals surface area (Å²) < 4.78 is 10.3. The van der Waals surface area contributed by atoms with Gasteiger partial charge in [-0.3, -0.25) is 4.79 Å². The Bertz CT molecular complexity index is 168. The predicted octanol–water partition coefficient (Wildman–Crippen LogP) is 1.25. The van der Waals surface area contributed by atoms with Crippen molar-refractivity contribution < 1.29 is 14.3 Å². The van der Waals surface area contributed by atoms with Gasteiger partial charge in [-0.1, -0.05) is 0 Å². The van der Waals surface area contributed by atoms with Gasteiger partial charge in [-0.15, -0.1) is 11.6 Å². The molecule has 0 aliphatic carbocycles. The highest BCUT2D eigenvalue weighted by Gasteiger charge is 2.32. The van der Waals surface area contributed by atoms with Crippen LogP contribution in [0.2, 0.25) is 0 Å². The van der Waals surface area contributed by atoms with E-state index in [1.165, 1.54) is 0 Å². The number of halogens is 1. The second-order valence-electron chi connectivity index (χ2n) is 2.64. The number of esters is 1. The van der Waals surface area contributed by atoms with Crippen molar-refractivity contribution in [1.29, 1.82) is 0 Å². The fraction of sp³-hybridized carbons (Fsp3) is 0.857. The first-order valence-corrected chi connectivity index (χ1v) is 5.35. The molecule has 1 atom stereocenters. The summed E-state index contributed by atoms with van der Waals surface area (Å²) in [6.07, 6.45) is 0. The van der Waals surface area contributed by atoms with Crippen molar-refractivity contribution in [3.8, 4) is 0 Å². The largest absolute Gasteiger partial charge is 0.432 e. The summed E-state index contributed by atoms with van der Waals surface area (Å²) in [5.74, 6) is 0.309. The number of ether oxygens (including phenoxy) is 2. The zero-order valence-corrected chi connectivity index (χ0v) is 8.41. The van der Waals surface area contributed by atoms with E-state index in [-0.39, 0.29) is 5.88 Å². The number of rotatable bonds is 2. The average molecular weight is 211 g/mol. The maximum Gasteiger partial charge on any atom is 0.323 e. The number of thioether (sulfide) groups is 1. The summed E-state index contributed by atoms with van der Waals surface area (Å²) in [4.78, 5) is 10.8. The average Bonchev–Trinajstić information content (AvgIpc) is 2.05. The van der Waals surface area contributed by atoms with Crippen LogP contribution in [0.4, 0.5) is 0 Å². The quantitative estimate of drug-likeness (QED) is 0.508. The van der Waals surface area contributed by atoms with E-state index in [9.17, 15) is 4.79 Å². The van der Waals surface area contributed by atoms with E-state index < -0.39 is 11.8 Å². The number of carbonyl (C=O) groups excluding carboxylic acids is 1. The standard InChI is InChI=1S/C7H11ClO3S/c1-7(11-6(9)4-8)5-12-3-2-10-7/h2-5H2,1H3. The number of alkyl halides is 1. The fourth-order valence-electron chi connectivity index (χ4n) is 0.943. The molecule has 0 spiro atoms. The molecule has 5 heteroatoms. The minimum atomic E-state index is -0.769. The smallest absolute Gasteiger partial charge is 0.323 e. The normalized spacial score (nSPS) is 29.8. The zero-order valence-electron chi connectivity index (χ0n) is 6.84. The molecular formula is C7H11ClO3S. The second-order valence-corrected chi connectivity index (χ2v) is 4.01. The number of hydrogen-bond donors (Lipinski definition) is 0. The van der Waals surface area contributed by atoms with E-state index in [1.54, 1.807) is 18.7 Å². The lowest BCUT2D eigenvalue weighted by atomic mass is 10.4. The molecular weight excluding hydrogens is 200 g/mol. The third-order valence-corrected chi connectivity index (χ3v) is 2.84. The van der Waals surface area contributed by atoms with Gasteiger partial charge in [-0.2, -0.15) is 11.8 Å². The monoisotopic (exact) mass is 210 g/mol. The van der Waals surface area contributed by atoms with Gasteiger partial charge in [0.05, 0.1) is 12.4 Å². The summed E-state index contributed by atoms with van der Waals surface area (Å²) in [5.41, 5.74) is 0. The van der Waals surface area contributed by atoms with Gasteiger partial charge in [-0.25, -0.2) is 0 Å². The number of hydrogen-bond acceptors (Lipinski definition) is 4. The Balaban J connectivity index is 2.41. The molecule has 1 aliphatic rings. The first-order valence-electron chi connectivity index (χ1n) is 3.66. The van der Waals surface area contributed by atoms with Crippen LogP contribution in [0.1, 0.15) is 6.92 Å². The predicted molar refractivity (Wildman–Crippen MR) is 48.5 cm³/mol. The van der Waals surface area contributed by atoms with Crippen molar-refractivity contribution in [2.24, 2.45) is 0 Å². The van der Waals surface area contributed by atoms with Crippen LogP contribution in [0.15, 0.2) is 0 Å². The van der Waals surface area contributed by atoms with Crippen LogP contribution in [0.25, 0.3) is 0 Å². The maximum absolute atomic E-state index is 10.8. The Kier molecular flexibility index (Phi) is 3.68. The Morgan fingerprint density at radius 3 is 3.08 bits per heavy atom. The lowest BCUT2D eigenvalue weighted by Crippen LogP contribution is -2.41. The van der Waals surface area contributed by atoms with Crippen LogP contribution in [-0.4, -0.2) is 35.7 Å². The molecule has 1 aliphatic heterocycles. The maximum atomic E-state index is 10.8. The SMILES string of the molecule is CC1(OC(=O)CCl)CSCCO1. The minimum Gasteiger partial charge on any atom is -0.432 e. The third-order valence-electron chi connectivity index (χ3n) is 1.44. The summed E-state index contributed by atoms with van der Waals surface area (Å²) in [6, 6.07) is 0. The van der Waals surface area contributed by atoms with Crippen molar-refractivity contribution in [3.63, 3.8) is 0 Å².